The number of nitrogens with zero attached hydrogens (tertiary/aromatic N) is 3. The normalized spacial score (nSPS) is 10.9. The summed E-state index contributed by atoms with van der Waals surface area (Å²) in [5.41, 5.74) is 3.83. The van der Waals surface area contributed by atoms with Gasteiger partial charge in [-0.05, 0) is 54.3 Å². The van der Waals surface area contributed by atoms with Gasteiger partial charge >= 0.3 is 0 Å². The molecule has 2 N–H and O–H groups in total. The number of fused-ring (bicyclic) bond motifs is 1. The molecule has 0 saturated carbocycles. The van der Waals surface area contributed by atoms with E-state index in [1.807, 2.05) is 54.8 Å². The van der Waals surface area contributed by atoms with Crippen molar-refractivity contribution < 1.29 is 0 Å². The fourth-order valence-electron chi connectivity index (χ4n) is 3.05. The summed E-state index contributed by atoms with van der Waals surface area (Å²) >= 11 is 1.69. The third-order valence-electron chi connectivity index (χ3n) is 4.52. The molecule has 0 aliphatic heterocycles. The maximum atomic E-state index is 8.50. The van der Waals surface area contributed by atoms with Gasteiger partial charge < -0.3 is 0 Å². The Balaban J connectivity index is 1.63. The van der Waals surface area contributed by atoms with Gasteiger partial charge in [-0.15, -0.1) is 11.8 Å². The first kappa shape index (κ1) is 18.1. The maximum Gasteiger partial charge on any atom is 0.148 e. The number of hydrogen-bond acceptors (Lipinski definition) is 5. The number of hydrogen-bond donors (Lipinski definition) is 2. The van der Waals surface area contributed by atoms with Crippen molar-refractivity contribution in [2.24, 2.45) is 0 Å². The van der Waals surface area contributed by atoms with Gasteiger partial charge in [0.15, 0.2) is 0 Å². The first-order valence-electron chi connectivity index (χ1n) is 8.85. The number of thioether (sulfide) groups is 1. The second-order valence-corrected chi connectivity index (χ2v) is 7.28. The highest BCUT2D eigenvalue weighted by molar-refractivity contribution is 7.98. The molecule has 2 aromatic carbocycles. The van der Waals surface area contributed by atoms with Gasteiger partial charge in [-0.1, -0.05) is 24.3 Å². The van der Waals surface area contributed by atoms with Gasteiger partial charge in [0.1, 0.15) is 11.3 Å². The monoisotopic (exact) mass is 385 g/mol. The predicted molar refractivity (Wildman–Crippen MR) is 114 cm³/mol. The Kier molecular flexibility index (Phi) is 5.04. The third-order valence-corrected chi connectivity index (χ3v) is 5.26. The average Bonchev–Trinajstić information content (AvgIpc) is 2.74. The van der Waals surface area contributed by atoms with E-state index in [9.17, 15) is 0 Å². The lowest BCUT2D eigenvalue weighted by molar-refractivity contribution is 0.799. The van der Waals surface area contributed by atoms with Crippen molar-refractivity contribution in [3.8, 4) is 11.3 Å². The number of benzene rings is 2. The highest BCUT2D eigenvalue weighted by atomic mass is 32.2. The predicted octanol–water partition coefficient (Wildman–Crippen LogP) is 4.37. The summed E-state index contributed by atoms with van der Waals surface area (Å²) in [7, 11) is 0. The Labute approximate surface area is 167 Å². The molecule has 4 aromatic rings. The Morgan fingerprint density at radius 2 is 1.86 bits per heavy atom. The van der Waals surface area contributed by atoms with Crippen LogP contribution < -0.4 is 5.49 Å². The number of rotatable bonds is 4. The topological polar surface area (TPSA) is 78.4 Å². The smallest absolute Gasteiger partial charge is 0.148 e. The van der Waals surface area contributed by atoms with Gasteiger partial charge in [0.05, 0.1) is 11.2 Å². The molecule has 4 rings (SSSR count). The van der Waals surface area contributed by atoms with Crippen molar-refractivity contribution in [1.29, 1.82) is 10.8 Å². The van der Waals surface area contributed by atoms with E-state index in [-0.39, 0.29) is 11.3 Å². The van der Waals surface area contributed by atoms with E-state index in [4.69, 9.17) is 10.8 Å². The summed E-state index contributed by atoms with van der Waals surface area (Å²) in [5.74, 6) is 0.260. The lowest BCUT2D eigenvalue weighted by atomic mass is 10.1. The molecule has 138 valence electrons. The second kappa shape index (κ2) is 7.78. The zero-order valence-corrected chi connectivity index (χ0v) is 16.2. The van der Waals surface area contributed by atoms with E-state index in [1.165, 1.54) is 9.58 Å². The lowest BCUT2D eigenvalue weighted by Crippen LogP contribution is -2.30. The van der Waals surface area contributed by atoms with Crippen LogP contribution in [0.3, 0.4) is 0 Å². The zero-order valence-electron chi connectivity index (χ0n) is 15.4. The highest BCUT2D eigenvalue weighted by Crippen LogP contribution is 2.21. The third kappa shape index (κ3) is 3.73. The van der Waals surface area contributed by atoms with Crippen molar-refractivity contribution in [2.45, 2.75) is 11.3 Å². The number of aromatic nitrogens is 3. The second-order valence-electron chi connectivity index (χ2n) is 6.40. The van der Waals surface area contributed by atoms with Gasteiger partial charge in [0.25, 0.3) is 0 Å². The van der Waals surface area contributed by atoms with Crippen molar-refractivity contribution >= 4 is 28.5 Å². The van der Waals surface area contributed by atoms with Crippen LogP contribution in [0.4, 0.5) is 0 Å². The van der Waals surface area contributed by atoms with Crippen LogP contribution in [-0.4, -0.2) is 26.9 Å². The van der Waals surface area contributed by atoms with Crippen LogP contribution >= 0.6 is 11.8 Å². The quantitative estimate of drug-likeness (QED) is 0.311. The summed E-state index contributed by atoms with van der Waals surface area (Å²) in [6.45, 7) is 0. The first-order valence-corrected chi connectivity index (χ1v) is 10.1. The first-order chi connectivity index (χ1) is 13.6. The van der Waals surface area contributed by atoms with Gasteiger partial charge in [0, 0.05) is 28.5 Å². The van der Waals surface area contributed by atoms with E-state index >= 15 is 0 Å². The molecule has 0 atom stereocenters. The van der Waals surface area contributed by atoms with Gasteiger partial charge in [-0.3, -0.25) is 15.8 Å². The average molecular weight is 385 g/mol. The molecule has 28 heavy (non-hydrogen) atoms. The lowest BCUT2D eigenvalue weighted by Gasteiger charge is -2.10. The van der Waals surface area contributed by atoms with Crippen molar-refractivity contribution in [3.63, 3.8) is 0 Å². The molecule has 0 amide bonds. The summed E-state index contributed by atoms with van der Waals surface area (Å²) < 4.78 is 1.39. The maximum absolute atomic E-state index is 8.50. The van der Waals surface area contributed by atoms with Crippen LogP contribution in [0.25, 0.3) is 22.2 Å². The van der Waals surface area contributed by atoms with E-state index in [1.54, 1.807) is 24.0 Å². The van der Waals surface area contributed by atoms with Crippen LogP contribution in [0.2, 0.25) is 0 Å². The van der Waals surface area contributed by atoms with Crippen molar-refractivity contribution in [3.05, 3.63) is 84.0 Å². The number of pyridine rings is 1. The fraction of sp³-hybridized carbons (Fsp3) is 0.0909. The molecule has 2 aromatic heterocycles. The molecule has 0 bridgehead atoms. The van der Waals surface area contributed by atoms with Crippen molar-refractivity contribution in [2.75, 3.05) is 6.26 Å². The molecular weight excluding hydrogens is 366 g/mol. The zero-order chi connectivity index (χ0) is 19.5. The van der Waals surface area contributed by atoms with Crippen LogP contribution in [0.5, 0.6) is 0 Å². The molecule has 0 radical (unpaired) electrons. The molecule has 0 fully saturated rings. The molecular formula is C22H19N5S. The Morgan fingerprint density at radius 3 is 2.64 bits per heavy atom. The Bertz CT molecular complexity index is 1210. The molecule has 0 saturated heterocycles. The van der Waals surface area contributed by atoms with Crippen molar-refractivity contribution in [1.82, 2.24) is 14.8 Å². The SMILES string of the molecule is CSc1ccc(-c2ccc(=N)n(C(=N)Cc3ccc4ncccc4c3)n2)cc1. The van der Waals surface area contributed by atoms with Crippen LogP contribution in [0.1, 0.15) is 5.56 Å². The minimum absolute atomic E-state index is 0.192. The summed E-state index contributed by atoms with van der Waals surface area (Å²) in [5, 5.41) is 22.3. The van der Waals surface area contributed by atoms with Crippen LogP contribution in [0.15, 0.2) is 77.8 Å². The Morgan fingerprint density at radius 1 is 1.04 bits per heavy atom. The molecule has 0 spiro atoms. The summed E-state index contributed by atoms with van der Waals surface area (Å²) in [4.78, 5) is 5.52. The Hall–Kier alpha value is -3.25. The molecule has 5 nitrogen and oxygen atoms in total. The van der Waals surface area contributed by atoms with Gasteiger partial charge in [-0.2, -0.15) is 5.10 Å². The highest BCUT2D eigenvalue weighted by Gasteiger charge is 2.08. The minimum Gasteiger partial charge on any atom is -0.286 e. The van der Waals surface area contributed by atoms with E-state index < -0.39 is 0 Å². The largest absolute Gasteiger partial charge is 0.286 e. The molecule has 0 unspecified atom stereocenters. The van der Waals surface area contributed by atoms with E-state index in [2.05, 4.69) is 22.2 Å². The summed E-state index contributed by atoms with van der Waals surface area (Å²) in [6.07, 6.45) is 4.21. The summed E-state index contributed by atoms with van der Waals surface area (Å²) in [6, 6.07) is 21.5. The van der Waals surface area contributed by atoms with Gasteiger partial charge in [0.2, 0.25) is 0 Å². The van der Waals surface area contributed by atoms with Crippen LogP contribution in [0, 0.1) is 10.8 Å². The minimum atomic E-state index is 0.192. The fourth-order valence-corrected chi connectivity index (χ4v) is 3.46. The molecule has 0 aliphatic rings. The standard InChI is InChI=1S/C22H19N5S/c1-28-18-7-5-16(6-8-18)20-10-11-21(23)27(26-20)22(24)14-15-4-9-19-17(13-15)3-2-12-25-19/h2-13,23-24H,14H2,1H3. The number of nitrogens with one attached hydrogen (secondary N) is 2. The van der Waals surface area contributed by atoms with E-state index in [0.29, 0.717) is 6.42 Å². The van der Waals surface area contributed by atoms with Crippen LogP contribution in [-0.2, 0) is 6.42 Å². The molecule has 6 heteroatoms. The molecule has 0 aliphatic carbocycles. The van der Waals surface area contributed by atoms with Gasteiger partial charge in [-0.25, -0.2) is 4.68 Å². The van der Waals surface area contributed by atoms with E-state index in [0.717, 1.165) is 27.7 Å². The molecule has 2 heterocycles.